The zero-order chi connectivity index (χ0) is 20.2. The molecule has 0 radical (unpaired) electrons. The van der Waals surface area contributed by atoms with E-state index in [4.69, 9.17) is 4.74 Å². The molecular formula is C19H18F2N6O2. The van der Waals surface area contributed by atoms with E-state index in [9.17, 15) is 13.6 Å². The minimum Gasteiger partial charge on any atom is -0.471 e. The number of piperazine rings is 1. The van der Waals surface area contributed by atoms with Crippen molar-refractivity contribution >= 4 is 22.5 Å². The van der Waals surface area contributed by atoms with Gasteiger partial charge in [0.25, 0.3) is 12.3 Å². The number of anilines is 1. The lowest BCUT2D eigenvalue weighted by molar-refractivity contribution is 0.0740. The molecule has 1 aliphatic heterocycles. The SMILES string of the molecule is O=C(c1cnccn1)N1CCN(c2ccc3ncnc(OCC(F)F)c3c2)CC1. The van der Waals surface area contributed by atoms with Gasteiger partial charge in [0.05, 0.1) is 17.1 Å². The van der Waals surface area contributed by atoms with E-state index in [2.05, 4.69) is 24.8 Å². The molecule has 3 aromatic rings. The largest absolute Gasteiger partial charge is 0.471 e. The predicted molar refractivity (Wildman–Crippen MR) is 101 cm³/mol. The van der Waals surface area contributed by atoms with Gasteiger partial charge in [-0.15, -0.1) is 0 Å². The number of nitrogens with zero attached hydrogens (tertiary/aromatic N) is 6. The van der Waals surface area contributed by atoms with E-state index >= 15 is 0 Å². The quantitative estimate of drug-likeness (QED) is 0.648. The van der Waals surface area contributed by atoms with Crippen LogP contribution in [0.2, 0.25) is 0 Å². The van der Waals surface area contributed by atoms with Crippen LogP contribution in [0.4, 0.5) is 14.5 Å². The molecule has 0 unspecified atom stereocenters. The van der Waals surface area contributed by atoms with Crippen molar-refractivity contribution in [1.82, 2.24) is 24.8 Å². The molecule has 0 spiro atoms. The Labute approximate surface area is 165 Å². The summed E-state index contributed by atoms with van der Waals surface area (Å²) in [6, 6.07) is 5.54. The van der Waals surface area contributed by atoms with Crippen LogP contribution in [0.25, 0.3) is 10.9 Å². The van der Waals surface area contributed by atoms with Gasteiger partial charge in [-0.25, -0.2) is 23.7 Å². The predicted octanol–water partition coefficient (Wildman–Crippen LogP) is 2.03. The Kier molecular flexibility index (Phi) is 5.41. The molecule has 0 atom stereocenters. The van der Waals surface area contributed by atoms with Crippen LogP contribution in [0.3, 0.4) is 0 Å². The van der Waals surface area contributed by atoms with Crippen LogP contribution < -0.4 is 9.64 Å². The van der Waals surface area contributed by atoms with Crippen LogP contribution in [0.5, 0.6) is 5.88 Å². The number of alkyl halides is 2. The van der Waals surface area contributed by atoms with Gasteiger partial charge in [-0.05, 0) is 18.2 Å². The highest BCUT2D eigenvalue weighted by molar-refractivity contribution is 5.92. The maximum atomic E-state index is 12.5. The fraction of sp³-hybridized carbons (Fsp3) is 0.316. The smallest absolute Gasteiger partial charge is 0.274 e. The van der Waals surface area contributed by atoms with Crippen molar-refractivity contribution in [2.75, 3.05) is 37.7 Å². The number of hydrogen-bond acceptors (Lipinski definition) is 7. The van der Waals surface area contributed by atoms with Crippen molar-refractivity contribution in [2.45, 2.75) is 6.43 Å². The number of aromatic nitrogens is 4. The van der Waals surface area contributed by atoms with E-state index < -0.39 is 13.0 Å². The molecular weight excluding hydrogens is 382 g/mol. The highest BCUT2D eigenvalue weighted by atomic mass is 19.3. The van der Waals surface area contributed by atoms with Crippen LogP contribution in [-0.4, -0.2) is 70.0 Å². The topological polar surface area (TPSA) is 84.3 Å². The Hall–Kier alpha value is -3.43. The second kappa shape index (κ2) is 8.29. The first kappa shape index (κ1) is 18.9. The molecule has 8 nitrogen and oxygen atoms in total. The summed E-state index contributed by atoms with van der Waals surface area (Å²) in [5.74, 6) is -0.0130. The maximum absolute atomic E-state index is 12.5. The summed E-state index contributed by atoms with van der Waals surface area (Å²) in [4.78, 5) is 32.5. The third-order valence-electron chi connectivity index (χ3n) is 4.64. The number of carbonyl (C=O) groups is 1. The molecule has 0 aliphatic carbocycles. The Bertz CT molecular complexity index is 996. The Morgan fingerprint density at radius 1 is 1.10 bits per heavy atom. The standard InChI is InChI=1S/C19H18F2N6O2/c20-17(21)11-29-18-14-9-13(1-2-15(14)24-12-25-18)26-5-7-27(8-6-26)19(28)16-10-22-3-4-23-16/h1-4,9-10,12,17H,5-8,11H2. The number of ether oxygens (including phenoxy) is 1. The summed E-state index contributed by atoms with van der Waals surface area (Å²) in [5, 5.41) is 0.573. The zero-order valence-electron chi connectivity index (χ0n) is 15.4. The summed E-state index contributed by atoms with van der Waals surface area (Å²) in [7, 11) is 0. The second-order valence-electron chi connectivity index (χ2n) is 6.45. The fourth-order valence-corrected chi connectivity index (χ4v) is 3.21. The summed E-state index contributed by atoms with van der Waals surface area (Å²) in [6.07, 6.45) is 3.19. The van der Waals surface area contributed by atoms with E-state index in [0.29, 0.717) is 42.8 Å². The van der Waals surface area contributed by atoms with E-state index in [1.165, 1.54) is 24.9 Å². The average molecular weight is 400 g/mol. The molecule has 1 aliphatic rings. The zero-order valence-corrected chi connectivity index (χ0v) is 15.4. The first-order valence-electron chi connectivity index (χ1n) is 9.08. The van der Waals surface area contributed by atoms with E-state index in [1.54, 1.807) is 11.0 Å². The molecule has 2 aromatic heterocycles. The van der Waals surface area contributed by atoms with Crippen LogP contribution >= 0.6 is 0 Å². The number of benzene rings is 1. The number of rotatable bonds is 5. The molecule has 29 heavy (non-hydrogen) atoms. The van der Waals surface area contributed by atoms with Crippen LogP contribution in [0.15, 0.2) is 43.1 Å². The lowest BCUT2D eigenvalue weighted by Crippen LogP contribution is -2.49. The first-order chi connectivity index (χ1) is 14.1. The van der Waals surface area contributed by atoms with Crippen molar-refractivity contribution in [1.29, 1.82) is 0 Å². The second-order valence-corrected chi connectivity index (χ2v) is 6.45. The Morgan fingerprint density at radius 3 is 2.66 bits per heavy atom. The van der Waals surface area contributed by atoms with Crippen molar-refractivity contribution in [3.05, 3.63) is 48.8 Å². The van der Waals surface area contributed by atoms with Gasteiger partial charge in [-0.1, -0.05) is 0 Å². The summed E-state index contributed by atoms with van der Waals surface area (Å²) in [6.45, 7) is 1.59. The third-order valence-corrected chi connectivity index (χ3v) is 4.64. The van der Waals surface area contributed by atoms with Crippen LogP contribution in [-0.2, 0) is 0 Å². The number of halogens is 2. The van der Waals surface area contributed by atoms with Crippen LogP contribution in [0, 0.1) is 0 Å². The fourth-order valence-electron chi connectivity index (χ4n) is 3.21. The van der Waals surface area contributed by atoms with Crippen molar-refractivity contribution < 1.29 is 18.3 Å². The first-order valence-corrected chi connectivity index (χ1v) is 9.08. The third kappa shape index (κ3) is 4.20. The summed E-state index contributed by atoms with van der Waals surface area (Å²) < 4.78 is 30.1. The molecule has 1 amide bonds. The Morgan fingerprint density at radius 2 is 1.93 bits per heavy atom. The molecule has 0 bridgehead atoms. The lowest BCUT2D eigenvalue weighted by Gasteiger charge is -2.36. The van der Waals surface area contributed by atoms with Gasteiger partial charge >= 0.3 is 0 Å². The maximum Gasteiger partial charge on any atom is 0.274 e. The molecule has 0 N–H and O–H groups in total. The minimum atomic E-state index is -2.58. The molecule has 150 valence electrons. The van der Waals surface area contributed by atoms with Gasteiger partial charge in [-0.2, -0.15) is 0 Å². The van der Waals surface area contributed by atoms with Gasteiger partial charge in [0, 0.05) is 44.3 Å². The Balaban J connectivity index is 1.48. The van der Waals surface area contributed by atoms with E-state index in [0.717, 1.165) is 5.69 Å². The van der Waals surface area contributed by atoms with Crippen molar-refractivity contribution in [2.24, 2.45) is 0 Å². The molecule has 1 aromatic carbocycles. The normalized spacial score (nSPS) is 14.4. The molecule has 3 heterocycles. The van der Waals surface area contributed by atoms with Gasteiger partial charge in [0.2, 0.25) is 5.88 Å². The summed E-state index contributed by atoms with van der Waals surface area (Å²) >= 11 is 0. The number of fused-ring (bicyclic) bond motifs is 1. The molecule has 4 rings (SSSR count). The average Bonchev–Trinajstić information content (AvgIpc) is 2.77. The molecule has 10 heteroatoms. The number of hydrogen-bond donors (Lipinski definition) is 0. The number of carbonyl (C=O) groups excluding carboxylic acids is 1. The van der Waals surface area contributed by atoms with Gasteiger partial charge in [0.1, 0.15) is 12.0 Å². The van der Waals surface area contributed by atoms with Crippen molar-refractivity contribution in [3.63, 3.8) is 0 Å². The monoisotopic (exact) mass is 400 g/mol. The van der Waals surface area contributed by atoms with E-state index in [-0.39, 0.29) is 11.8 Å². The molecule has 0 saturated carbocycles. The van der Waals surface area contributed by atoms with E-state index in [1.807, 2.05) is 12.1 Å². The van der Waals surface area contributed by atoms with Crippen LogP contribution in [0.1, 0.15) is 10.5 Å². The van der Waals surface area contributed by atoms with Gasteiger partial charge < -0.3 is 14.5 Å². The molecule has 1 fully saturated rings. The van der Waals surface area contributed by atoms with Gasteiger partial charge in [-0.3, -0.25) is 9.78 Å². The highest BCUT2D eigenvalue weighted by Crippen LogP contribution is 2.27. The lowest BCUT2D eigenvalue weighted by atomic mass is 10.2. The van der Waals surface area contributed by atoms with Crippen molar-refractivity contribution in [3.8, 4) is 5.88 Å². The number of amides is 1. The minimum absolute atomic E-state index is 0.133. The molecule has 1 saturated heterocycles. The van der Waals surface area contributed by atoms with Gasteiger partial charge in [0.15, 0.2) is 6.61 Å². The highest BCUT2D eigenvalue weighted by Gasteiger charge is 2.23. The summed E-state index contributed by atoms with van der Waals surface area (Å²) in [5.41, 5.74) is 1.83.